The Morgan fingerprint density at radius 1 is 0.529 bits per heavy atom. The lowest BCUT2D eigenvalue weighted by Crippen LogP contribution is -2.08. The predicted octanol–water partition coefficient (Wildman–Crippen LogP) is 12.2. The fraction of sp³-hybridized carbons (Fsp3) is 0.279. The molecule has 0 spiro atoms. The zero-order chi connectivity index (χ0) is 34.9. The summed E-state index contributed by atoms with van der Waals surface area (Å²) in [5, 5.41) is 6.40. The number of H-pyrrole nitrogens is 2. The highest BCUT2D eigenvalue weighted by Crippen LogP contribution is 2.34. The first kappa shape index (κ1) is 36.3. The van der Waals surface area contributed by atoms with Crippen LogP contribution in [0.15, 0.2) is 137 Å². The van der Waals surface area contributed by atoms with E-state index in [4.69, 9.17) is 20.0 Å². The van der Waals surface area contributed by atoms with E-state index in [-0.39, 0.29) is 0 Å². The molecule has 262 valence electrons. The zero-order valence-electron chi connectivity index (χ0n) is 29.4. The molecule has 0 amide bonds. The SMILES string of the molecule is CCCCCCCCCCON=C(CSc1nc(-c2ccccc2)c(-c2ccccc2)[nH]1)CSc1nc(-c2ccccc2)c(-c2ccccc2)[nH]1. The number of hydrogen-bond donors (Lipinski definition) is 2. The lowest BCUT2D eigenvalue weighted by Gasteiger charge is -2.06. The van der Waals surface area contributed by atoms with E-state index >= 15 is 0 Å². The van der Waals surface area contributed by atoms with Crippen LogP contribution in [0.5, 0.6) is 0 Å². The Hall–Kier alpha value is -4.53. The summed E-state index contributed by atoms with van der Waals surface area (Å²) in [6.07, 6.45) is 10.1. The van der Waals surface area contributed by atoms with Crippen LogP contribution in [-0.2, 0) is 4.84 Å². The third-order valence-electron chi connectivity index (χ3n) is 8.62. The number of hydrogen-bond acceptors (Lipinski definition) is 6. The van der Waals surface area contributed by atoms with Crippen molar-refractivity contribution >= 4 is 29.2 Å². The van der Waals surface area contributed by atoms with Gasteiger partial charge in [-0.1, -0.05) is 195 Å². The second kappa shape index (κ2) is 19.8. The molecule has 6 nitrogen and oxygen atoms in total. The molecule has 0 unspecified atom stereocenters. The minimum atomic E-state index is 0.627. The highest BCUT2D eigenvalue weighted by Gasteiger charge is 2.18. The van der Waals surface area contributed by atoms with E-state index in [9.17, 15) is 0 Å². The molecule has 2 aromatic heterocycles. The van der Waals surface area contributed by atoms with E-state index in [2.05, 4.69) is 114 Å². The van der Waals surface area contributed by atoms with Gasteiger partial charge in [-0.05, 0) is 12.8 Å². The number of benzene rings is 4. The third-order valence-corrected chi connectivity index (χ3v) is 10.5. The van der Waals surface area contributed by atoms with Crippen LogP contribution in [0.4, 0.5) is 0 Å². The maximum atomic E-state index is 5.95. The van der Waals surface area contributed by atoms with Crippen molar-refractivity contribution in [1.29, 1.82) is 0 Å². The molecule has 0 saturated carbocycles. The van der Waals surface area contributed by atoms with E-state index in [1.165, 1.54) is 44.9 Å². The second-order valence-electron chi connectivity index (χ2n) is 12.5. The average Bonchev–Trinajstić information content (AvgIpc) is 3.83. The molecule has 6 rings (SSSR count). The number of rotatable bonds is 20. The first-order valence-electron chi connectivity index (χ1n) is 18.1. The zero-order valence-corrected chi connectivity index (χ0v) is 31.0. The van der Waals surface area contributed by atoms with E-state index in [1.807, 2.05) is 24.3 Å². The highest BCUT2D eigenvalue weighted by atomic mass is 32.2. The molecule has 0 aliphatic rings. The van der Waals surface area contributed by atoms with Gasteiger partial charge in [-0.25, -0.2) is 9.97 Å². The van der Waals surface area contributed by atoms with E-state index in [0.29, 0.717) is 18.1 Å². The van der Waals surface area contributed by atoms with Crippen molar-refractivity contribution in [2.24, 2.45) is 5.16 Å². The van der Waals surface area contributed by atoms with Crippen LogP contribution in [0.1, 0.15) is 58.3 Å². The number of nitrogens with zero attached hydrogens (tertiary/aromatic N) is 3. The van der Waals surface area contributed by atoms with Gasteiger partial charge in [0.1, 0.15) is 6.61 Å². The lowest BCUT2D eigenvalue weighted by molar-refractivity contribution is 0.139. The minimum Gasteiger partial charge on any atom is -0.396 e. The normalized spacial score (nSPS) is 11.1. The Bertz CT molecular complexity index is 1670. The monoisotopic (exact) mass is 713 g/mol. The van der Waals surface area contributed by atoms with E-state index in [0.717, 1.165) is 67.5 Å². The molecule has 0 aliphatic heterocycles. The summed E-state index contributed by atoms with van der Waals surface area (Å²) in [6, 6.07) is 41.5. The summed E-state index contributed by atoms with van der Waals surface area (Å²) in [6.45, 7) is 2.89. The Labute approximate surface area is 311 Å². The van der Waals surface area contributed by atoms with Crippen molar-refractivity contribution in [1.82, 2.24) is 19.9 Å². The van der Waals surface area contributed by atoms with E-state index < -0.39 is 0 Å². The molecule has 6 aromatic rings. The molecule has 0 bridgehead atoms. The van der Waals surface area contributed by atoms with Crippen molar-refractivity contribution in [3.8, 4) is 45.0 Å². The molecule has 2 N–H and O–H groups in total. The standard InChI is InChI=1S/C43H47N5OS2/c1-2-3-4-5-6-7-8-21-30-49-48-37(31-50-42-44-38(33-22-13-9-14-23-33)39(45-42)34-24-15-10-16-25-34)32-51-43-46-40(35-26-17-11-18-27-35)41(47-43)36-28-19-12-20-29-36/h9-20,22-29H,2-8,21,30-32H2,1H3,(H,44,45)(H,46,47). The Balaban J connectivity index is 1.17. The number of imidazole rings is 2. The topological polar surface area (TPSA) is 79.0 Å². The molecule has 0 radical (unpaired) electrons. The van der Waals surface area contributed by atoms with Gasteiger partial charge in [0.2, 0.25) is 0 Å². The van der Waals surface area contributed by atoms with Crippen LogP contribution >= 0.6 is 23.5 Å². The number of nitrogens with one attached hydrogen (secondary N) is 2. The predicted molar refractivity (Wildman–Crippen MR) is 216 cm³/mol. The summed E-state index contributed by atoms with van der Waals surface area (Å²) >= 11 is 3.30. The van der Waals surface area contributed by atoms with Gasteiger partial charge in [0.25, 0.3) is 0 Å². The molecule has 0 saturated heterocycles. The van der Waals surface area contributed by atoms with Gasteiger partial charge in [0.05, 0.1) is 28.5 Å². The van der Waals surface area contributed by atoms with Crippen molar-refractivity contribution in [3.63, 3.8) is 0 Å². The molecule has 0 fully saturated rings. The second-order valence-corrected chi connectivity index (χ2v) is 14.5. The highest BCUT2D eigenvalue weighted by molar-refractivity contribution is 8.01. The van der Waals surface area contributed by atoms with Gasteiger partial charge in [-0.15, -0.1) is 0 Å². The maximum absolute atomic E-state index is 5.95. The summed E-state index contributed by atoms with van der Waals surface area (Å²) in [5.74, 6) is 1.27. The maximum Gasteiger partial charge on any atom is 0.166 e. The smallest absolute Gasteiger partial charge is 0.166 e. The van der Waals surface area contributed by atoms with Gasteiger partial charge >= 0.3 is 0 Å². The Morgan fingerprint density at radius 2 is 0.922 bits per heavy atom. The number of aromatic nitrogens is 4. The molecule has 0 atom stereocenters. The number of oxime groups is 1. The van der Waals surface area contributed by atoms with Gasteiger partial charge < -0.3 is 14.8 Å². The summed E-state index contributed by atoms with van der Waals surface area (Å²) in [7, 11) is 0. The Morgan fingerprint density at radius 3 is 1.35 bits per heavy atom. The first-order chi connectivity index (χ1) is 25.3. The quantitative estimate of drug-likeness (QED) is 0.0356. The minimum absolute atomic E-state index is 0.627. The largest absolute Gasteiger partial charge is 0.396 e. The summed E-state index contributed by atoms with van der Waals surface area (Å²) in [4.78, 5) is 23.3. The van der Waals surface area contributed by atoms with Gasteiger partial charge in [-0.3, -0.25) is 0 Å². The van der Waals surface area contributed by atoms with E-state index in [1.54, 1.807) is 23.5 Å². The fourth-order valence-corrected chi connectivity index (χ4v) is 7.62. The number of unbranched alkanes of at least 4 members (excludes halogenated alkanes) is 7. The third kappa shape index (κ3) is 10.7. The van der Waals surface area contributed by atoms with Crippen molar-refractivity contribution in [2.75, 3.05) is 18.1 Å². The van der Waals surface area contributed by atoms with Crippen molar-refractivity contribution < 1.29 is 4.84 Å². The van der Waals surface area contributed by atoms with Gasteiger partial charge in [0, 0.05) is 33.8 Å². The number of thioether (sulfide) groups is 2. The molecule has 8 heteroatoms. The number of aromatic amines is 2. The summed E-state index contributed by atoms with van der Waals surface area (Å²) in [5.41, 5.74) is 9.24. The molecule has 2 heterocycles. The Kier molecular flexibility index (Phi) is 14.0. The molecular formula is C43H47N5OS2. The van der Waals surface area contributed by atoms with Crippen LogP contribution in [0.25, 0.3) is 45.0 Å². The van der Waals surface area contributed by atoms with Crippen LogP contribution in [0, 0.1) is 0 Å². The first-order valence-corrected chi connectivity index (χ1v) is 20.1. The summed E-state index contributed by atoms with van der Waals surface area (Å²) < 4.78 is 0. The average molecular weight is 714 g/mol. The van der Waals surface area contributed by atoms with Crippen LogP contribution < -0.4 is 0 Å². The van der Waals surface area contributed by atoms with Crippen LogP contribution in [0.2, 0.25) is 0 Å². The fourth-order valence-electron chi connectivity index (χ4n) is 5.91. The lowest BCUT2D eigenvalue weighted by atomic mass is 10.1. The van der Waals surface area contributed by atoms with Crippen LogP contribution in [-0.4, -0.2) is 43.8 Å². The van der Waals surface area contributed by atoms with Gasteiger partial charge in [0.15, 0.2) is 10.3 Å². The van der Waals surface area contributed by atoms with Crippen LogP contribution in [0.3, 0.4) is 0 Å². The molecule has 4 aromatic carbocycles. The molecule has 51 heavy (non-hydrogen) atoms. The van der Waals surface area contributed by atoms with Gasteiger partial charge in [-0.2, -0.15) is 0 Å². The molecular weight excluding hydrogens is 667 g/mol. The molecule has 0 aliphatic carbocycles. The van der Waals surface area contributed by atoms with Crippen molar-refractivity contribution in [2.45, 2.75) is 68.6 Å². The van der Waals surface area contributed by atoms with Crippen molar-refractivity contribution in [3.05, 3.63) is 121 Å².